The normalized spacial score (nSPS) is 6.70. The number of rotatable bonds is 3. The Morgan fingerprint density at radius 1 is 1.30 bits per heavy atom. The van der Waals surface area contributed by atoms with Crippen LogP contribution in [-0.2, 0) is 0 Å². The fourth-order valence-corrected chi connectivity index (χ4v) is 0.380. The molecule has 2 heteroatoms. The van der Waals surface area contributed by atoms with E-state index in [0.29, 0.717) is 6.42 Å². The number of halogens is 1. The van der Waals surface area contributed by atoms with Crippen molar-refractivity contribution in [2.24, 2.45) is 5.73 Å². The van der Waals surface area contributed by atoms with E-state index in [1.807, 2.05) is 13.8 Å². The van der Waals surface area contributed by atoms with Gasteiger partial charge < -0.3 is 5.73 Å². The molecule has 0 aromatic carbocycles. The number of unbranched alkanes of at least 4 members (excludes halogenated alkanes) is 2. The second kappa shape index (κ2) is 15.7. The van der Waals surface area contributed by atoms with Crippen molar-refractivity contribution in [1.29, 1.82) is 0 Å². The maximum absolute atomic E-state index is 11.3. The summed E-state index contributed by atoms with van der Waals surface area (Å²) in [6.45, 7) is 3.76. The van der Waals surface area contributed by atoms with Gasteiger partial charge in [-0.2, -0.15) is 0 Å². The molecule has 0 aromatic rings. The molecule has 0 spiro atoms. The molecule has 2 N–H and O–H groups in total. The van der Waals surface area contributed by atoms with Gasteiger partial charge >= 0.3 is 0 Å². The van der Waals surface area contributed by atoms with Gasteiger partial charge in [-0.25, -0.2) is 0 Å². The molecule has 0 aromatic heterocycles. The minimum absolute atomic E-state index is 0.244. The average Bonchev–Trinajstić information content (AvgIpc) is 2.02. The van der Waals surface area contributed by atoms with Crippen LogP contribution in [0.3, 0.4) is 0 Å². The van der Waals surface area contributed by atoms with E-state index in [2.05, 4.69) is 12.0 Å². The maximum Gasteiger partial charge on any atom is 0.0894 e. The zero-order valence-corrected chi connectivity index (χ0v) is 6.78. The van der Waals surface area contributed by atoms with Gasteiger partial charge in [-0.15, -0.1) is 0 Å². The Hall–Kier alpha value is -0.710. The Bertz CT molecular complexity index is 91.2. The summed E-state index contributed by atoms with van der Waals surface area (Å²) < 4.78 is 11.3. The molecule has 0 atom stereocenters. The summed E-state index contributed by atoms with van der Waals surface area (Å²) >= 11 is 0. The molecule has 0 aliphatic carbocycles. The Labute approximate surface area is 62.8 Å². The molecule has 60 valence electrons. The summed E-state index contributed by atoms with van der Waals surface area (Å²) in [4.78, 5) is 0. The van der Waals surface area contributed by atoms with Crippen LogP contribution in [0.5, 0.6) is 0 Å². The van der Waals surface area contributed by atoms with Gasteiger partial charge in [-0.3, -0.25) is 4.39 Å². The summed E-state index contributed by atoms with van der Waals surface area (Å²) in [5, 5.41) is 0. The van der Waals surface area contributed by atoms with E-state index in [9.17, 15) is 4.39 Å². The average molecular weight is 145 g/mol. The molecule has 0 fully saturated rings. The summed E-state index contributed by atoms with van der Waals surface area (Å²) in [7, 11) is 0. The predicted octanol–water partition coefficient (Wildman–Crippen LogP) is 2.07. The Morgan fingerprint density at radius 3 is 2.30 bits per heavy atom. The van der Waals surface area contributed by atoms with E-state index < -0.39 is 0 Å². The fraction of sp³-hybridized carbons (Fsp3) is 0.750. The summed E-state index contributed by atoms with van der Waals surface area (Å²) in [6.07, 6.45) is 2.15. The number of alkyl halides is 1. The third kappa shape index (κ3) is 15.7. The fourth-order valence-electron chi connectivity index (χ4n) is 0.380. The van der Waals surface area contributed by atoms with E-state index >= 15 is 0 Å². The van der Waals surface area contributed by atoms with Crippen molar-refractivity contribution < 1.29 is 4.39 Å². The molecule has 0 bridgehead atoms. The first kappa shape index (κ1) is 12.0. The van der Waals surface area contributed by atoms with E-state index in [0.717, 1.165) is 12.8 Å². The van der Waals surface area contributed by atoms with Crippen LogP contribution in [0.2, 0.25) is 0 Å². The lowest BCUT2D eigenvalue weighted by Gasteiger charge is -1.84. The molecule has 0 saturated heterocycles. The highest BCUT2D eigenvalue weighted by Gasteiger charge is 1.80. The van der Waals surface area contributed by atoms with Crippen LogP contribution < -0.4 is 5.73 Å². The van der Waals surface area contributed by atoms with E-state index in [1.165, 1.54) is 0 Å². The lowest BCUT2D eigenvalue weighted by Crippen LogP contribution is -1.79. The SMILES string of the molecule is CC.NC#CCCCCF. The second-order valence-electron chi connectivity index (χ2n) is 1.47. The summed E-state index contributed by atoms with van der Waals surface area (Å²) in [6, 6.07) is 2.25. The predicted molar refractivity (Wildman–Crippen MR) is 43.1 cm³/mol. The highest BCUT2D eigenvalue weighted by Crippen LogP contribution is 1.92. The van der Waals surface area contributed by atoms with E-state index in [-0.39, 0.29) is 6.67 Å². The second-order valence-corrected chi connectivity index (χ2v) is 1.47. The molecule has 0 rings (SSSR count). The van der Waals surface area contributed by atoms with Gasteiger partial charge in [0.25, 0.3) is 0 Å². The molecular formula is C8H16FN. The number of nitrogens with two attached hydrogens (primary N) is 1. The number of hydrogen-bond donors (Lipinski definition) is 1. The van der Waals surface area contributed by atoms with Crippen LogP contribution in [0.15, 0.2) is 0 Å². The van der Waals surface area contributed by atoms with Gasteiger partial charge in [0.2, 0.25) is 0 Å². The van der Waals surface area contributed by atoms with Gasteiger partial charge in [-0.1, -0.05) is 19.8 Å². The molecule has 0 unspecified atom stereocenters. The third-order valence-electron chi connectivity index (χ3n) is 0.787. The first-order valence-electron chi connectivity index (χ1n) is 3.66. The van der Waals surface area contributed by atoms with Gasteiger partial charge in [0.15, 0.2) is 0 Å². The Morgan fingerprint density at radius 2 is 1.90 bits per heavy atom. The zero-order valence-electron chi connectivity index (χ0n) is 6.78. The minimum Gasteiger partial charge on any atom is -0.359 e. The quantitative estimate of drug-likeness (QED) is 0.367. The molecule has 0 heterocycles. The van der Waals surface area contributed by atoms with Crippen LogP contribution >= 0.6 is 0 Å². The smallest absolute Gasteiger partial charge is 0.0894 e. The van der Waals surface area contributed by atoms with Crippen molar-refractivity contribution in [3.8, 4) is 12.0 Å². The monoisotopic (exact) mass is 145 g/mol. The highest BCUT2D eigenvalue weighted by atomic mass is 19.1. The Balaban J connectivity index is 0. The van der Waals surface area contributed by atoms with Crippen molar-refractivity contribution >= 4 is 0 Å². The lowest BCUT2D eigenvalue weighted by molar-refractivity contribution is 0.464. The summed E-state index contributed by atoms with van der Waals surface area (Å²) in [5.41, 5.74) is 4.86. The molecule has 0 amide bonds. The van der Waals surface area contributed by atoms with Crippen molar-refractivity contribution in [2.75, 3.05) is 6.67 Å². The molecule has 0 aliphatic rings. The summed E-state index contributed by atoms with van der Waals surface area (Å²) in [5.74, 6) is 2.64. The standard InChI is InChI=1S/C6H10FN.C2H6/c7-5-3-1-2-4-6-8;1-2/h1-3,5,8H2;1-2H3. The van der Waals surface area contributed by atoms with Crippen LogP contribution in [0.1, 0.15) is 33.1 Å². The van der Waals surface area contributed by atoms with E-state index in [4.69, 9.17) is 5.73 Å². The van der Waals surface area contributed by atoms with Crippen LogP contribution in [0, 0.1) is 12.0 Å². The topological polar surface area (TPSA) is 26.0 Å². The molecular weight excluding hydrogens is 129 g/mol. The molecule has 0 aliphatic heterocycles. The minimum atomic E-state index is -0.244. The number of hydrogen-bond acceptors (Lipinski definition) is 1. The molecule has 0 radical (unpaired) electrons. The first-order chi connectivity index (χ1) is 4.91. The van der Waals surface area contributed by atoms with Gasteiger partial charge in [0.1, 0.15) is 0 Å². The third-order valence-corrected chi connectivity index (χ3v) is 0.787. The van der Waals surface area contributed by atoms with Gasteiger partial charge in [0.05, 0.1) is 6.67 Å². The van der Waals surface area contributed by atoms with Crippen LogP contribution in [-0.4, -0.2) is 6.67 Å². The lowest BCUT2D eigenvalue weighted by atomic mass is 10.2. The molecule has 1 nitrogen and oxygen atoms in total. The zero-order chi connectivity index (χ0) is 8.24. The first-order valence-corrected chi connectivity index (χ1v) is 3.66. The molecule has 10 heavy (non-hydrogen) atoms. The van der Waals surface area contributed by atoms with Gasteiger partial charge in [-0.05, 0) is 12.8 Å². The van der Waals surface area contributed by atoms with Crippen LogP contribution in [0.4, 0.5) is 4.39 Å². The van der Waals surface area contributed by atoms with Crippen LogP contribution in [0.25, 0.3) is 0 Å². The van der Waals surface area contributed by atoms with Crippen molar-refractivity contribution in [1.82, 2.24) is 0 Å². The van der Waals surface area contributed by atoms with Crippen molar-refractivity contribution in [2.45, 2.75) is 33.1 Å². The largest absolute Gasteiger partial charge is 0.359 e. The van der Waals surface area contributed by atoms with Crippen molar-refractivity contribution in [3.05, 3.63) is 0 Å². The highest BCUT2D eigenvalue weighted by molar-refractivity contribution is 4.92. The van der Waals surface area contributed by atoms with E-state index in [1.54, 1.807) is 0 Å². The van der Waals surface area contributed by atoms with Crippen molar-refractivity contribution in [3.63, 3.8) is 0 Å². The maximum atomic E-state index is 11.3. The van der Waals surface area contributed by atoms with Gasteiger partial charge in [0, 0.05) is 12.5 Å². The molecule has 0 saturated carbocycles. The Kier molecular flexibility index (Phi) is 18.9.